The van der Waals surface area contributed by atoms with E-state index in [9.17, 15) is 0 Å². The van der Waals surface area contributed by atoms with E-state index in [-0.39, 0.29) is 6.04 Å². The molecule has 0 aliphatic rings. The minimum atomic E-state index is 0.210. The van der Waals surface area contributed by atoms with E-state index in [4.69, 9.17) is 0 Å². The number of hydrogen-bond donors (Lipinski definition) is 1. The standard InChI is InChI=1S/C17H16BrN3/c1-11-5-3-4-6-14(11)12(2)21-15-7-8-19-16-9-13(18)10-20-17(15)16/h3-10,12H,1-2H3,(H,19,21). The number of hydrogen-bond acceptors (Lipinski definition) is 3. The highest BCUT2D eigenvalue weighted by Gasteiger charge is 2.10. The topological polar surface area (TPSA) is 37.8 Å². The van der Waals surface area contributed by atoms with Crippen molar-refractivity contribution in [2.24, 2.45) is 0 Å². The summed E-state index contributed by atoms with van der Waals surface area (Å²) in [5.41, 5.74) is 5.35. The van der Waals surface area contributed by atoms with Crippen LogP contribution in [0.3, 0.4) is 0 Å². The van der Waals surface area contributed by atoms with Crippen LogP contribution in [-0.4, -0.2) is 9.97 Å². The van der Waals surface area contributed by atoms with Gasteiger partial charge >= 0.3 is 0 Å². The Morgan fingerprint density at radius 2 is 1.95 bits per heavy atom. The molecule has 2 aromatic heterocycles. The van der Waals surface area contributed by atoms with Gasteiger partial charge in [-0.3, -0.25) is 9.97 Å². The Kier molecular flexibility index (Phi) is 3.88. The third kappa shape index (κ3) is 2.90. The first-order valence-electron chi connectivity index (χ1n) is 6.87. The second-order valence-corrected chi connectivity index (χ2v) is 6.02. The number of benzene rings is 1. The highest BCUT2D eigenvalue weighted by molar-refractivity contribution is 9.10. The van der Waals surface area contributed by atoms with Gasteiger partial charge in [0.2, 0.25) is 0 Å². The summed E-state index contributed by atoms with van der Waals surface area (Å²) in [6.45, 7) is 4.29. The molecule has 3 nitrogen and oxygen atoms in total. The van der Waals surface area contributed by atoms with Crippen molar-refractivity contribution < 1.29 is 0 Å². The summed E-state index contributed by atoms with van der Waals surface area (Å²) >= 11 is 3.43. The second kappa shape index (κ2) is 5.82. The normalized spacial score (nSPS) is 12.3. The molecule has 0 radical (unpaired) electrons. The molecule has 1 unspecified atom stereocenters. The van der Waals surface area contributed by atoms with Gasteiger partial charge in [-0.25, -0.2) is 0 Å². The van der Waals surface area contributed by atoms with Crippen LogP contribution in [0.2, 0.25) is 0 Å². The van der Waals surface area contributed by atoms with E-state index in [1.807, 2.05) is 18.3 Å². The summed E-state index contributed by atoms with van der Waals surface area (Å²) < 4.78 is 0.937. The van der Waals surface area contributed by atoms with E-state index in [0.717, 1.165) is 21.2 Å². The molecule has 0 amide bonds. The Morgan fingerprint density at radius 3 is 2.76 bits per heavy atom. The van der Waals surface area contributed by atoms with E-state index in [1.54, 1.807) is 6.20 Å². The van der Waals surface area contributed by atoms with E-state index >= 15 is 0 Å². The molecule has 4 heteroatoms. The van der Waals surface area contributed by atoms with Crippen LogP contribution >= 0.6 is 15.9 Å². The van der Waals surface area contributed by atoms with Crippen LogP contribution < -0.4 is 5.32 Å². The number of nitrogens with zero attached hydrogens (tertiary/aromatic N) is 2. The van der Waals surface area contributed by atoms with Gasteiger partial charge in [0.1, 0.15) is 5.52 Å². The molecule has 106 valence electrons. The lowest BCUT2D eigenvalue weighted by Crippen LogP contribution is -2.09. The number of aromatic nitrogens is 2. The Bertz CT molecular complexity index is 786. The zero-order valence-electron chi connectivity index (χ0n) is 12.0. The predicted octanol–water partition coefficient (Wildman–Crippen LogP) is 4.87. The zero-order valence-corrected chi connectivity index (χ0v) is 13.6. The van der Waals surface area contributed by atoms with Crippen molar-refractivity contribution in [1.82, 2.24) is 9.97 Å². The SMILES string of the molecule is Cc1ccccc1C(C)Nc1ccnc2cc(Br)cnc12. The fourth-order valence-corrected chi connectivity index (χ4v) is 2.82. The molecular formula is C17H16BrN3. The molecule has 0 spiro atoms. The van der Waals surface area contributed by atoms with Crippen molar-refractivity contribution in [3.05, 3.63) is 64.4 Å². The number of halogens is 1. The van der Waals surface area contributed by atoms with Crippen LogP contribution in [0.15, 0.2) is 53.3 Å². The molecule has 2 heterocycles. The minimum Gasteiger partial charge on any atom is -0.377 e. The molecule has 1 atom stereocenters. The summed E-state index contributed by atoms with van der Waals surface area (Å²) in [6, 6.07) is 12.6. The molecule has 0 fully saturated rings. The number of aryl methyl sites for hydroxylation is 1. The Hall–Kier alpha value is -1.94. The first-order valence-corrected chi connectivity index (χ1v) is 7.67. The van der Waals surface area contributed by atoms with Crippen LogP contribution in [0.25, 0.3) is 11.0 Å². The van der Waals surface area contributed by atoms with Gasteiger partial charge in [-0.05, 0) is 53.0 Å². The van der Waals surface area contributed by atoms with Crippen LogP contribution in [-0.2, 0) is 0 Å². The first-order chi connectivity index (χ1) is 10.1. The summed E-state index contributed by atoms with van der Waals surface area (Å²) in [4.78, 5) is 8.85. The van der Waals surface area contributed by atoms with Gasteiger partial charge < -0.3 is 5.32 Å². The van der Waals surface area contributed by atoms with E-state index in [0.29, 0.717) is 0 Å². The van der Waals surface area contributed by atoms with Crippen LogP contribution in [0.5, 0.6) is 0 Å². The number of nitrogens with one attached hydrogen (secondary N) is 1. The van der Waals surface area contributed by atoms with Crippen LogP contribution in [0.4, 0.5) is 5.69 Å². The smallest absolute Gasteiger partial charge is 0.112 e. The van der Waals surface area contributed by atoms with Gasteiger partial charge in [-0.2, -0.15) is 0 Å². The fraction of sp³-hybridized carbons (Fsp3) is 0.176. The zero-order chi connectivity index (χ0) is 14.8. The molecule has 0 saturated carbocycles. The Morgan fingerprint density at radius 1 is 1.14 bits per heavy atom. The Labute approximate surface area is 132 Å². The quantitative estimate of drug-likeness (QED) is 0.738. The highest BCUT2D eigenvalue weighted by atomic mass is 79.9. The lowest BCUT2D eigenvalue weighted by molar-refractivity contribution is 0.875. The molecule has 0 aliphatic carbocycles. The average Bonchev–Trinajstić information content (AvgIpc) is 2.47. The van der Waals surface area contributed by atoms with Crippen molar-refractivity contribution in [3.63, 3.8) is 0 Å². The number of anilines is 1. The van der Waals surface area contributed by atoms with Crippen molar-refractivity contribution in [2.45, 2.75) is 19.9 Å². The largest absolute Gasteiger partial charge is 0.377 e. The monoisotopic (exact) mass is 341 g/mol. The fourth-order valence-electron chi connectivity index (χ4n) is 2.51. The highest BCUT2D eigenvalue weighted by Crippen LogP contribution is 2.27. The molecular weight excluding hydrogens is 326 g/mol. The maximum Gasteiger partial charge on any atom is 0.112 e. The lowest BCUT2D eigenvalue weighted by atomic mass is 10.0. The maximum absolute atomic E-state index is 4.48. The molecule has 0 aliphatic heterocycles. The summed E-state index contributed by atoms with van der Waals surface area (Å²) in [6.07, 6.45) is 3.61. The molecule has 1 aromatic carbocycles. The predicted molar refractivity (Wildman–Crippen MR) is 90.5 cm³/mol. The molecule has 0 saturated heterocycles. The van der Waals surface area contributed by atoms with Crippen molar-refractivity contribution in [3.8, 4) is 0 Å². The van der Waals surface area contributed by atoms with E-state index in [2.05, 4.69) is 69.3 Å². The summed E-state index contributed by atoms with van der Waals surface area (Å²) in [5.74, 6) is 0. The van der Waals surface area contributed by atoms with Crippen molar-refractivity contribution in [1.29, 1.82) is 0 Å². The minimum absolute atomic E-state index is 0.210. The second-order valence-electron chi connectivity index (χ2n) is 5.10. The third-order valence-electron chi connectivity index (χ3n) is 3.57. The molecule has 21 heavy (non-hydrogen) atoms. The van der Waals surface area contributed by atoms with Gasteiger partial charge in [0.05, 0.1) is 11.2 Å². The molecule has 3 rings (SSSR count). The van der Waals surface area contributed by atoms with Crippen LogP contribution in [0, 0.1) is 6.92 Å². The molecule has 1 N–H and O–H groups in total. The van der Waals surface area contributed by atoms with E-state index in [1.165, 1.54) is 11.1 Å². The summed E-state index contributed by atoms with van der Waals surface area (Å²) in [7, 11) is 0. The number of pyridine rings is 2. The lowest BCUT2D eigenvalue weighted by Gasteiger charge is -2.18. The number of fused-ring (bicyclic) bond motifs is 1. The van der Waals surface area contributed by atoms with Gasteiger partial charge in [0, 0.05) is 22.9 Å². The van der Waals surface area contributed by atoms with Gasteiger partial charge in [0.25, 0.3) is 0 Å². The molecule has 0 bridgehead atoms. The first kappa shape index (κ1) is 14.0. The number of rotatable bonds is 3. The van der Waals surface area contributed by atoms with Crippen molar-refractivity contribution in [2.75, 3.05) is 5.32 Å². The van der Waals surface area contributed by atoms with Crippen molar-refractivity contribution >= 4 is 32.7 Å². The van der Waals surface area contributed by atoms with Gasteiger partial charge in [-0.1, -0.05) is 24.3 Å². The van der Waals surface area contributed by atoms with Crippen LogP contribution in [0.1, 0.15) is 24.1 Å². The Balaban J connectivity index is 1.97. The molecule has 3 aromatic rings. The third-order valence-corrected chi connectivity index (χ3v) is 4.00. The maximum atomic E-state index is 4.48. The summed E-state index contributed by atoms with van der Waals surface area (Å²) in [5, 5.41) is 3.54. The van der Waals surface area contributed by atoms with Gasteiger partial charge in [-0.15, -0.1) is 0 Å². The van der Waals surface area contributed by atoms with E-state index < -0.39 is 0 Å². The van der Waals surface area contributed by atoms with Gasteiger partial charge in [0.15, 0.2) is 0 Å². The average molecular weight is 342 g/mol.